The Labute approximate surface area is 366 Å². The van der Waals surface area contributed by atoms with Crippen LogP contribution in [0.3, 0.4) is 0 Å². The molecular weight excluding hydrogens is 803 g/mol. The fraction of sp³-hybridized carbons (Fsp3) is 0.745. The van der Waals surface area contributed by atoms with Crippen LogP contribution in [0.25, 0.3) is 0 Å². The molecule has 0 aromatic carbocycles. The molecule has 61 heavy (non-hydrogen) atoms. The van der Waals surface area contributed by atoms with Crippen molar-refractivity contribution in [3.8, 4) is 0 Å². The van der Waals surface area contributed by atoms with E-state index in [0.717, 1.165) is 83.5 Å². The second-order valence-electron chi connectivity index (χ2n) is 15.9. The third-order valence-corrected chi connectivity index (χ3v) is 11.3. The highest BCUT2D eigenvalue weighted by Crippen LogP contribution is 2.47. The van der Waals surface area contributed by atoms with Gasteiger partial charge in [0.2, 0.25) is 0 Å². The van der Waals surface area contributed by atoms with Gasteiger partial charge in [-0.25, -0.2) is 4.57 Å². The van der Waals surface area contributed by atoms with E-state index in [1.165, 1.54) is 44.9 Å². The molecule has 0 heterocycles. The van der Waals surface area contributed by atoms with Crippen molar-refractivity contribution in [2.45, 2.75) is 211 Å². The molecule has 0 radical (unpaired) electrons. The van der Waals surface area contributed by atoms with E-state index in [-0.39, 0.29) is 12.8 Å². The first-order valence-corrected chi connectivity index (χ1v) is 24.6. The van der Waals surface area contributed by atoms with Gasteiger partial charge in [-0.15, -0.1) is 0 Å². The van der Waals surface area contributed by atoms with Gasteiger partial charge in [0, 0.05) is 12.8 Å². The van der Waals surface area contributed by atoms with Crippen molar-refractivity contribution in [3.63, 3.8) is 0 Å². The lowest BCUT2D eigenvalue weighted by Crippen LogP contribution is -2.64. The van der Waals surface area contributed by atoms with E-state index >= 15 is 0 Å². The van der Waals surface area contributed by atoms with Crippen LogP contribution in [0, 0.1) is 0 Å². The molecule has 0 aliphatic heterocycles. The molecule has 0 aromatic heterocycles. The number of ether oxygens (including phenoxy) is 2. The predicted octanol–water partition coefficient (Wildman–Crippen LogP) is 8.94. The molecule has 1 saturated carbocycles. The van der Waals surface area contributed by atoms with Crippen molar-refractivity contribution in [1.82, 2.24) is 0 Å². The van der Waals surface area contributed by atoms with Crippen molar-refractivity contribution < 1.29 is 63.1 Å². The molecule has 352 valence electrons. The standard InChI is InChI=1S/C47H81O13P/c1-3-5-7-9-11-13-15-17-19-20-22-24-26-28-30-32-34-36-41(49)59-39(38-58-61(55,56)60-47-45(53)43(51)42(50)44(52)46(47)54)37-57-40(48)35-33-31-29-27-25-23-21-18-16-14-12-10-8-6-4-2/h5,7,11,13-14,16-17,19,22,24,39,42-47,50-54H,3-4,6,8-10,12,15,18,20-21,23,25-38H2,1-2H3,(H,55,56)/b7-5-,13-11-,16-14-,19-17-,24-22-/t39-,42?,43-,44?,45?,46?,47?/m1/s1. The molecule has 1 rings (SSSR count). The zero-order chi connectivity index (χ0) is 45.0. The molecule has 1 aliphatic carbocycles. The summed E-state index contributed by atoms with van der Waals surface area (Å²) in [5.74, 6) is -1.14. The van der Waals surface area contributed by atoms with Crippen molar-refractivity contribution in [1.29, 1.82) is 0 Å². The SMILES string of the molecule is CC/C=C\C/C=C\C/C=C\C/C=C\CCCCCCC(=O)O[C@H](COC(=O)CCCCCCCCC/C=C\CCCCCC)COP(=O)(O)OC1C(O)C(O)C(O)[C@@H](O)C1O. The minimum Gasteiger partial charge on any atom is -0.462 e. The second kappa shape index (κ2) is 37.0. The number of phosphoric ester groups is 1. The summed E-state index contributed by atoms with van der Waals surface area (Å²) < 4.78 is 33.5. The van der Waals surface area contributed by atoms with E-state index in [1.807, 2.05) is 0 Å². The average Bonchev–Trinajstić information content (AvgIpc) is 3.24. The maximum absolute atomic E-state index is 12.8. The Balaban J connectivity index is 2.49. The van der Waals surface area contributed by atoms with E-state index in [2.05, 4.69) is 74.6 Å². The van der Waals surface area contributed by atoms with Gasteiger partial charge in [-0.1, -0.05) is 139 Å². The quantitative estimate of drug-likeness (QED) is 0.0149. The Morgan fingerprint density at radius 3 is 1.44 bits per heavy atom. The zero-order valence-corrected chi connectivity index (χ0v) is 38.1. The number of hydrogen-bond donors (Lipinski definition) is 6. The van der Waals surface area contributed by atoms with Gasteiger partial charge in [-0.2, -0.15) is 0 Å². The van der Waals surface area contributed by atoms with E-state index in [9.17, 15) is 44.6 Å². The number of aliphatic hydroxyl groups is 5. The summed E-state index contributed by atoms with van der Waals surface area (Å²) in [5, 5.41) is 50.1. The molecule has 0 bridgehead atoms. The maximum Gasteiger partial charge on any atom is 0.472 e. The van der Waals surface area contributed by atoms with Gasteiger partial charge in [-0.3, -0.25) is 18.6 Å². The van der Waals surface area contributed by atoms with Crippen LogP contribution >= 0.6 is 7.82 Å². The van der Waals surface area contributed by atoms with Crippen LogP contribution in [0.5, 0.6) is 0 Å². The van der Waals surface area contributed by atoms with Gasteiger partial charge in [0.1, 0.15) is 43.2 Å². The second-order valence-corrected chi connectivity index (χ2v) is 17.3. The predicted molar refractivity (Wildman–Crippen MR) is 239 cm³/mol. The summed E-state index contributed by atoms with van der Waals surface area (Å²) in [6, 6.07) is 0. The topological polar surface area (TPSA) is 210 Å². The van der Waals surface area contributed by atoms with Crippen LogP contribution in [0.4, 0.5) is 0 Å². The Morgan fingerprint density at radius 1 is 0.525 bits per heavy atom. The first-order chi connectivity index (χ1) is 29.4. The van der Waals surface area contributed by atoms with Crippen LogP contribution < -0.4 is 0 Å². The number of aliphatic hydroxyl groups excluding tert-OH is 5. The fourth-order valence-corrected chi connectivity index (χ4v) is 7.60. The molecule has 6 N–H and O–H groups in total. The summed E-state index contributed by atoms with van der Waals surface area (Å²) >= 11 is 0. The number of carbonyl (C=O) groups excluding carboxylic acids is 2. The van der Waals surface area contributed by atoms with Gasteiger partial charge < -0.3 is 39.9 Å². The molecule has 8 atom stereocenters. The van der Waals surface area contributed by atoms with E-state index < -0.39 is 75.7 Å². The Bertz CT molecular complexity index is 1300. The third-order valence-electron chi connectivity index (χ3n) is 10.3. The Kier molecular flexibility index (Phi) is 34.3. The molecule has 1 fully saturated rings. The van der Waals surface area contributed by atoms with Gasteiger partial charge >= 0.3 is 19.8 Å². The van der Waals surface area contributed by atoms with Crippen LogP contribution in [-0.2, 0) is 32.7 Å². The molecule has 0 spiro atoms. The molecule has 0 aromatic rings. The molecule has 0 saturated heterocycles. The number of unbranched alkanes of at least 4 members (excludes halogenated alkanes) is 15. The molecule has 13 nitrogen and oxygen atoms in total. The van der Waals surface area contributed by atoms with E-state index in [4.69, 9.17) is 18.5 Å². The van der Waals surface area contributed by atoms with Crippen molar-refractivity contribution in [2.24, 2.45) is 0 Å². The molecule has 14 heteroatoms. The first-order valence-electron chi connectivity index (χ1n) is 23.1. The monoisotopic (exact) mass is 885 g/mol. The minimum absolute atomic E-state index is 0.0656. The van der Waals surface area contributed by atoms with E-state index in [1.54, 1.807) is 0 Å². The summed E-state index contributed by atoms with van der Waals surface area (Å²) in [5.41, 5.74) is 0. The summed E-state index contributed by atoms with van der Waals surface area (Å²) in [4.78, 5) is 35.7. The van der Waals surface area contributed by atoms with Crippen molar-refractivity contribution >= 4 is 19.8 Å². The summed E-state index contributed by atoms with van der Waals surface area (Å²) in [6.45, 7) is 3.14. The highest BCUT2D eigenvalue weighted by Gasteiger charge is 2.51. The Morgan fingerprint density at radius 2 is 0.934 bits per heavy atom. The number of esters is 2. The molecule has 6 unspecified atom stereocenters. The third kappa shape index (κ3) is 29.5. The number of allylic oxidation sites excluding steroid dienone is 10. The normalized spacial score (nSPS) is 22.6. The zero-order valence-electron chi connectivity index (χ0n) is 37.2. The van der Waals surface area contributed by atoms with Crippen LogP contribution in [0.1, 0.15) is 168 Å². The van der Waals surface area contributed by atoms with Gasteiger partial charge in [-0.05, 0) is 77.0 Å². The summed E-state index contributed by atoms with van der Waals surface area (Å²) in [6.07, 6.45) is 31.3. The van der Waals surface area contributed by atoms with Crippen LogP contribution in [0.15, 0.2) is 60.8 Å². The lowest BCUT2D eigenvalue weighted by atomic mass is 9.85. The van der Waals surface area contributed by atoms with Crippen LogP contribution in [-0.4, -0.2) is 98.3 Å². The number of carbonyl (C=O) groups is 2. The van der Waals surface area contributed by atoms with Gasteiger partial charge in [0.15, 0.2) is 6.10 Å². The van der Waals surface area contributed by atoms with Gasteiger partial charge in [0.05, 0.1) is 6.61 Å². The fourth-order valence-electron chi connectivity index (χ4n) is 6.62. The average molecular weight is 885 g/mol. The lowest BCUT2D eigenvalue weighted by Gasteiger charge is -2.41. The Hall–Kier alpha value is -2.45. The van der Waals surface area contributed by atoms with Crippen LogP contribution in [0.2, 0.25) is 0 Å². The smallest absolute Gasteiger partial charge is 0.462 e. The number of phosphoric acid groups is 1. The van der Waals surface area contributed by atoms with E-state index in [0.29, 0.717) is 12.8 Å². The number of hydrogen-bond acceptors (Lipinski definition) is 12. The van der Waals surface area contributed by atoms with Crippen molar-refractivity contribution in [3.05, 3.63) is 60.8 Å². The minimum atomic E-state index is -5.13. The largest absolute Gasteiger partial charge is 0.472 e. The lowest BCUT2D eigenvalue weighted by molar-refractivity contribution is -0.220. The molecule has 1 aliphatic rings. The highest BCUT2D eigenvalue weighted by atomic mass is 31.2. The van der Waals surface area contributed by atoms with Crippen molar-refractivity contribution in [2.75, 3.05) is 13.2 Å². The van der Waals surface area contributed by atoms with Gasteiger partial charge in [0.25, 0.3) is 0 Å². The number of rotatable bonds is 37. The molecule has 0 amide bonds. The maximum atomic E-state index is 12.8. The highest BCUT2D eigenvalue weighted by molar-refractivity contribution is 7.47. The molecular formula is C47H81O13P. The first kappa shape index (κ1) is 56.6. The summed E-state index contributed by atoms with van der Waals surface area (Å²) in [7, 11) is -5.13.